The highest BCUT2D eigenvalue weighted by molar-refractivity contribution is 6.50. The smallest absolute Gasteiger partial charge is 0.418 e. The normalized spacial score (nSPS) is 10.3. The number of nitrogens with zero attached hydrogens (tertiary/aromatic N) is 1. The number of halogens is 4. The van der Waals surface area contributed by atoms with Gasteiger partial charge < -0.3 is 23.0 Å². The van der Waals surface area contributed by atoms with E-state index in [1.54, 1.807) is 24.3 Å². The van der Waals surface area contributed by atoms with Crippen LogP contribution in [0.5, 0.6) is 0 Å². The molecule has 0 atom stereocenters. The lowest BCUT2D eigenvalue weighted by Gasteiger charge is -2.10. The van der Waals surface area contributed by atoms with Gasteiger partial charge in [0, 0.05) is 16.7 Å². The molecular weight excluding hydrogens is 491 g/mol. The van der Waals surface area contributed by atoms with E-state index in [4.69, 9.17) is 10.7 Å². The third kappa shape index (κ3) is 9.39. The molecule has 0 aliphatic heterocycles. The Labute approximate surface area is 218 Å². The van der Waals surface area contributed by atoms with Gasteiger partial charge >= 0.3 is 7.25 Å². The monoisotopic (exact) mass is 515 g/mol. The lowest BCUT2D eigenvalue weighted by Crippen LogP contribution is -2.09. The van der Waals surface area contributed by atoms with Crippen LogP contribution in [0.4, 0.5) is 17.3 Å². The summed E-state index contributed by atoms with van der Waals surface area (Å²) in [5.41, 5.74) is 12.2. The van der Waals surface area contributed by atoms with Gasteiger partial charge in [0.05, 0.1) is 11.4 Å². The van der Waals surface area contributed by atoms with Crippen molar-refractivity contribution in [2.24, 2.45) is 5.73 Å². The molecule has 0 radical (unpaired) electrons. The minimum absolute atomic E-state index is 0.379. The largest absolute Gasteiger partial charge is 0.673 e. The average molecular weight is 515 g/mol. The topological polar surface area (TPSA) is 56.0 Å². The number of pyridine rings is 1. The van der Waals surface area contributed by atoms with Crippen molar-refractivity contribution in [3.05, 3.63) is 139 Å². The van der Waals surface area contributed by atoms with Crippen molar-refractivity contribution >= 4 is 13.2 Å². The zero-order chi connectivity index (χ0) is 27.4. The summed E-state index contributed by atoms with van der Waals surface area (Å²) in [4.78, 5) is 15.3. The number of nitrogens with two attached hydrogens (primary N) is 1. The molecule has 0 aliphatic carbocycles. The first-order valence-corrected chi connectivity index (χ1v) is 11.6. The summed E-state index contributed by atoms with van der Waals surface area (Å²) >= 11 is 0. The van der Waals surface area contributed by atoms with Crippen LogP contribution in [0, 0.1) is 0 Å². The SMILES string of the molecule is F[B-](F)(F)F.NC(=O)c1ccccc1.c1ccc(-c2cc(-c3ccccc3)nc(-c3ccccc3)c2)cc1. The van der Waals surface area contributed by atoms with Crippen LogP contribution in [-0.4, -0.2) is 18.1 Å². The molecule has 0 saturated heterocycles. The van der Waals surface area contributed by atoms with Gasteiger partial charge in [-0.25, -0.2) is 4.98 Å². The molecule has 38 heavy (non-hydrogen) atoms. The number of benzene rings is 4. The van der Waals surface area contributed by atoms with Crippen LogP contribution in [0.2, 0.25) is 0 Å². The second kappa shape index (κ2) is 13.6. The molecule has 3 nitrogen and oxygen atoms in total. The van der Waals surface area contributed by atoms with Gasteiger partial charge in [-0.2, -0.15) is 0 Å². The van der Waals surface area contributed by atoms with Crippen LogP contribution in [0.1, 0.15) is 10.4 Å². The molecule has 0 bridgehead atoms. The number of rotatable bonds is 4. The first-order chi connectivity index (χ1) is 18.2. The Balaban J connectivity index is 0.000000236. The van der Waals surface area contributed by atoms with E-state index < -0.39 is 7.25 Å². The lowest BCUT2D eigenvalue weighted by atomic mass is 10.00. The maximum absolute atomic E-state index is 10.4. The van der Waals surface area contributed by atoms with Gasteiger partial charge in [0.2, 0.25) is 5.91 Å². The molecule has 2 N–H and O–H groups in total. The summed E-state index contributed by atoms with van der Waals surface area (Å²) in [7, 11) is -6.00. The van der Waals surface area contributed by atoms with Crippen molar-refractivity contribution in [3.63, 3.8) is 0 Å². The van der Waals surface area contributed by atoms with E-state index in [0.29, 0.717) is 5.56 Å². The second-order valence-electron chi connectivity index (χ2n) is 7.95. The van der Waals surface area contributed by atoms with E-state index >= 15 is 0 Å². The summed E-state index contributed by atoms with van der Waals surface area (Å²) in [6.45, 7) is 0. The van der Waals surface area contributed by atoms with Crippen LogP contribution in [0.25, 0.3) is 33.6 Å². The summed E-state index contributed by atoms with van der Waals surface area (Å²) in [6.07, 6.45) is 0. The third-order valence-electron chi connectivity index (χ3n) is 5.13. The van der Waals surface area contributed by atoms with Crippen molar-refractivity contribution in [1.82, 2.24) is 4.98 Å². The molecule has 0 saturated carbocycles. The van der Waals surface area contributed by atoms with Gasteiger partial charge in [-0.15, -0.1) is 0 Å². The van der Waals surface area contributed by atoms with Crippen LogP contribution in [0.15, 0.2) is 133 Å². The number of primary amides is 1. The molecule has 1 heterocycles. The minimum Gasteiger partial charge on any atom is -0.418 e. The van der Waals surface area contributed by atoms with Gasteiger partial charge in [0.25, 0.3) is 0 Å². The number of carbonyl (C=O) groups is 1. The Bertz CT molecular complexity index is 1270. The highest BCUT2D eigenvalue weighted by Crippen LogP contribution is 2.29. The maximum Gasteiger partial charge on any atom is 0.673 e. The lowest BCUT2D eigenvalue weighted by molar-refractivity contribution is 0.1000. The molecule has 4 aromatic carbocycles. The van der Waals surface area contributed by atoms with Crippen molar-refractivity contribution in [2.75, 3.05) is 0 Å². The molecule has 0 aliphatic rings. The number of amides is 1. The molecule has 0 unspecified atom stereocenters. The van der Waals surface area contributed by atoms with E-state index in [1.165, 1.54) is 11.1 Å². The van der Waals surface area contributed by atoms with E-state index in [1.807, 2.05) is 48.5 Å². The van der Waals surface area contributed by atoms with Gasteiger partial charge in [0.15, 0.2) is 0 Å². The highest BCUT2D eigenvalue weighted by atomic mass is 19.5. The quantitative estimate of drug-likeness (QED) is 0.194. The molecule has 8 heteroatoms. The average Bonchev–Trinajstić information content (AvgIpc) is 2.94. The van der Waals surface area contributed by atoms with Crippen molar-refractivity contribution in [3.8, 4) is 33.6 Å². The predicted octanol–water partition coefficient (Wildman–Crippen LogP) is 8.17. The van der Waals surface area contributed by atoms with Crippen molar-refractivity contribution in [1.29, 1.82) is 0 Å². The Morgan fingerprint density at radius 1 is 0.526 bits per heavy atom. The van der Waals surface area contributed by atoms with E-state index in [2.05, 4.69) is 60.7 Å². The van der Waals surface area contributed by atoms with Crippen LogP contribution in [-0.2, 0) is 0 Å². The number of hydrogen-bond donors (Lipinski definition) is 1. The Morgan fingerprint density at radius 2 is 0.842 bits per heavy atom. The first kappa shape index (κ1) is 27.9. The molecule has 5 aromatic rings. The predicted molar refractivity (Wildman–Crippen MR) is 146 cm³/mol. The van der Waals surface area contributed by atoms with Gasteiger partial charge in [-0.1, -0.05) is 109 Å². The number of carbonyl (C=O) groups excluding carboxylic acids is 1. The molecule has 0 spiro atoms. The molecule has 192 valence electrons. The second-order valence-corrected chi connectivity index (χ2v) is 7.95. The Hall–Kier alpha value is -4.72. The molecule has 5 rings (SSSR count). The first-order valence-electron chi connectivity index (χ1n) is 11.6. The fourth-order valence-corrected chi connectivity index (χ4v) is 3.44. The van der Waals surface area contributed by atoms with Gasteiger partial charge in [-0.05, 0) is 35.4 Å². The van der Waals surface area contributed by atoms with E-state index in [0.717, 1.165) is 22.5 Å². The Kier molecular flexibility index (Phi) is 9.94. The summed E-state index contributed by atoms with van der Waals surface area (Å²) in [5.74, 6) is -0.379. The number of aromatic nitrogens is 1. The van der Waals surface area contributed by atoms with Crippen LogP contribution < -0.4 is 5.73 Å². The zero-order valence-electron chi connectivity index (χ0n) is 20.2. The third-order valence-corrected chi connectivity index (χ3v) is 5.13. The summed E-state index contributed by atoms with van der Waals surface area (Å²) in [6, 6.07) is 44.2. The summed E-state index contributed by atoms with van der Waals surface area (Å²) < 4.78 is 39.0. The molecular formula is C30H24BF4N2O-. The Morgan fingerprint density at radius 3 is 1.16 bits per heavy atom. The highest BCUT2D eigenvalue weighted by Gasteiger charge is 2.20. The van der Waals surface area contributed by atoms with Gasteiger partial charge in [0.1, 0.15) is 0 Å². The molecule has 1 aromatic heterocycles. The van der Waals surface area contributed by atoms with Crippen molar-refractivity contribution in [2.45, 2.75) is 0 Å². The summed E-state index contributed by atoms with van der Waals surface area (Å²) in [5, 5.41) is 0. The zero-order valence-corrected chi connectivity index (χ0v) is 20.2. The fraction of sp³-hybridized carbons (Fsp3) is 0. The van der Waals surface area contributed by atoms with Crippen LogP contribution in [0.3, 0.4) is 0 Å². The standard InChI is InChI=1S/C23H17N.C7H7NO.BF4/c1-4-10-18(11-5-1)21-16-22(19-12-6-2-7-13-19)24-23(17-21)20-14-8-3-9-15-20;8-7(9)6-4-2-1-3-5-6;2-1(3,4)5/h1-17H;1-5H,(H2,8,9);/q;;-1. The molecule has 1 amide bonds. The van der Waals surface area contributed by atoms with E-state index in [-0.39, 0.29) is 5.91 Å². The fourth-order valence-electron chi connectivity index (χ4n) is 3.44. The number of hydrogen-bond acceptors (Lipinski definition) is 2. The maximum atomic E-state index is 10.4. The van der Waals surface area contributed by atoms with Gasteiger partial charge in [-0.3, -0.25) is 4.79 Å². The van der Waals surface area contributed by atoms with E-state index in [9.17, 15) is 22.1 Å². The van der Waals surface area contributed by atoms with Crippen molar-refractivity contribution < 1.29 is 22.1 Å². The molecule has 0 fully saturated rings. The minimum atomic E-state index is -6.00. The van der Waals surface area contributed by atoms with Crippen LogP contribution >= 0.6 is 0 Å².